The van der Waals surface area contributed by atoms with Gasteiger partial charge in [0.1, 0.15) is 0 Å². The van der Waals surface area contributed by atoms with Gasteiger partial charge in [0.05, 0.1) is 28.9 Å². The van der Waals surface area contributed by atoms with Gasteiger partial charge in [0.25, 0.3) is 0 Å². The number of aromatic carboxylic acids is 1. The minimum absolute atomic E-state index is 0.247. The van der Waals surface area contributed by atoms with Crippen LogP contribution in [0.1, 0.15) is 15.9 Å². The van der Waals surface area contributed by atoms with E-state index >= 15 is 0 Å². The summed E-state index contributed by atoms with van der Waals surface area (Å²) in [7, 11) is 1.54. The molecule has 0 aromatic heterocycles. The van der Waals surface area contributed by atoms with Gasteiger partial charge in [0.15, 0.2) is 0 Å². The number of carboxylic acids is 1. The van der Waals surface area contributed by atoms with Crippen molar-refractivity contribution < 1.29 is 18.5 Å². The predicted molar refractivity (Wildman–Crippen MR) is 63.8 cm³/mol. The number of benzene rings is 1. The van der Waals surface area contributed by atoms with Crippen LogP contribution >= 0.6 is 16.3 Å². The second kappa shape index (κ2) is 7.84. The average Bonchev–Trinajstić information content (AvgIpc) is 2.18. The van der Waals surface area contributed by atoms with Gasteiger partial charge in [-0.15, -0.1) is 0 Å². The van der Waals surface area contributed by atoms with Crippen LogP contribution < -0.4 is 5.32 Å². The lowest BCUT2D eigenvalue weighted by atomic mass is 10.1. The predicted octanol–water partition coefficient (Wildman–Crippen LogP) is 2.20. The summed E-state index contributed by atoms with van der Waals surface area (Å²) in [5.74, 6) is -0.963. The van der Waals surface area contributed by atoms with Crippen molar-refractivity contribution in [1.29, 1.82) is 0 Å². The number of hydrogen-bond acceptors (Lipinski definition) is 3. The average molecular weight is 290 g/mol. The number of hydrogen-bond donors (Lipinski definition) is 2. The molecule has 1 rings (SSSR count). The second-order valence-electron chi connectivity index (χ2n) is 2.75. The van der Waals surface area contributed by atoms with Crippen LogP contribution in [0.15, 0.2) is 18.2 Å². The Morgan fingerprint density at radius 2 is 2.12 bits per heavy atom. The highest BCUT2D eigenvalue weighted by Crippen LogP contribution is 2.14. The van der Waals surface area contributed by atoms with Crippen molar-refractivity contribution in [3.05, 3.63) is 29.3 Å². The Bertz CT molecular complexity index is 368. The molecule has 0 spiro atoms. The first kappa shape index (κ1) is 14.6. The van der Waals surface area contributed by atoms with Crippen molar-refractivity contribution in [2.24, 2.45) is 0 Å². The monoisotopic (exact) mass is 289 g/mol. The number of halogens is 1. The molecule has 88 valence electrons. The molecule has 0 heterocycles. The molecule has 0 aliphatic rings. The number of carbonyl (C=O) groups is 2. The summed E-state index contributed by atoms with van der Waals surface area (Å²) in [5.41, 5.74) is 1.47. The zero-order valence-corrected chi connectivity index (χ0v) is 10.4. The highest BCUT2D eigenvalue weighted by Gasteiger charge is 2.06. The van der Waals surface area contributed by atoms with Crippen molar-refractivity contribution in [2.45, 2.75) is 6.92 Å². The highest BCUT2D eigenvalue weighted by atomic mass is 79.9. The SMILES string of the molecule is COBr.Cc1cc(NC=O)ccc1C(=O)O. The fourth-order valence-corrected chi connectivity index (χ4v) is 1.06. The number of aryl methyl sites for hydroxylation is 1. The van der Waals surface area contributed by atoms with E-state index in [2.05, 4.69) is 25.4 Å². The maximum absolute atomic E-state index is 10.6. The van der Waals surface area contributed by atoms with E-state index in [9.17, 15) is 9.59 Å². The van der Waals surface area contributed by atoms with Gasteiger partial charge < -0.3 is 14.3 Å². The number of carboxylic acid groups (broad SMARTS) is 1. The Kier molecular flexibility index (Phi) is 7.15. The summed E-state index contributed by atoms with van der Waals surface area (Å²) in [6.45, 7) is 1.68. The molecule has 5 nitrogen and oxygen atoms in total. The molecule has 0 saturated carbocycles. The Balaban J connectivity index is 0.000000673. The summed E-state index contributed by atoms with van der Waals surface area (Å²) in [6.07, 6.45) is 0.551. The van der Waals surface area contributed by atoms with Crippen LogP contribution in [0.2, 0.25) is 0 Å². The number of nitrogens with one attached hydrogen (secondary N) is 1. The lowest BCUT2D eigenvalue weighted by molar-refractivity contribution is -0.105. The largest absolute Gasteiger partial charge is 0.478 e. The third-order valence-electron chi connectivity index (χ3n) is 1.68. The molecule has 0 radical (unpaired) electrons. The van der Waals surface area contributed by atoms with Crippen LogP contribution in [-0.2, 0) is 8.62 Å². The van der Waals surface area contributed by atoms with Crippen LogP contribution in [0.25, 0.3) is 0 Å². The molecule has 0 fully saturated rings. The van der Waals surface area contributed by atoms with E-state index in [4.69, 9.17) is 5.11 Å². The third kappa shape index (κ3) is 4.90. The highest BCUT2D eigenvalue weighted by molar-refractivity contribution is 9.06. The Morgan fingerprint density at radius 3 is 2.50 bits per heavy atom. The van der Waals surface area contributed by atoms with Gasteiger partial charge in [-0.2, -0.15) is 0 Å². The van der Waals surface area contributed by atoms with E-state index in [1.807, 2.05) is 0 Å². The summed E-state index contributed by atoms with van der Waals surface area (Å²) < 4.78 is 4.06. The standard InChI is InChI=1S/C9H9NO3.CH3BrO/c1-6-4-7(10-5-11)2-3-8(6)9(12)13;1-3-2/h2-5H,1H3,(H,10,11)(H,12,13);1H3. The minimum atomic E-state index is -0.963. The molecule has 0 bridgehead atoms. The number of anilines is 1. The first-order valence-electron chi connectivity index (χ1n) is 4.25. The molecule has 6 heteroatoms. The lowest BCUT2D eigenvalue weighted by Crippen LogP contribution is -2.01. The van der Waals surface area contributed by atoms with Crippen molar-refractivity contribution >= 4 is 34.3 Å². The molecule has 0 unspecified atom stereocenters. The fraction of sp³-hybridized carbons (Fsp3) is 0.200. The first-order chi connectivity index (χ1) is 7.56. The van der Waals surface area contributed by atoms with Crippen LogP contribution in [0.4, 0.5) is 5.69 Å². The Labute approximate surface area is 102 Å². The van der Waals surface area contributed by atoms with E-state index in [0.29, 0.717) is 17.7 Å². The molecule has 1 aromatic rings. The molecule has 1 aromatic carbocycles. The molecule has 0 aliphatic heterocycles. The van der Waals surface area contributed by atoms with E-state index in [-0.39, 0.29) is 5.56 Å². The van der Waals surface area contributed by atoms with Crippen molar-refractivity contribution in [3.8, 4) is 0 Å². The maximum Gasteiger partial charge on any atom is 0.335 e. The number of amides is 1. The Hall–Kier alpha value is -1.40. The van der Waals surface area contributed by atoms with E-state index in [1.165, 1.54) is 6.07 Å². The van der Waals surface area contributed by atoms with Crippen molar-refractivity contribution in [1.82, 2.24) is 0 Å². The number of carbonyl (C=O) groups excluding carboxylic acids is 1. The summed E-state index contributed by atoms with van der Waals surface area (Å²) in [5, 5.41) is 11.1. The van der Waals surface area contributed by atoms with Crippen LogP contribution in [0.5, 0.6) is 0 Å². The second-order valence-corrected chi connectivity index (χ2v) is 3.40. The van der Waals surface area contributed by atoms with Crippen LogP contribution in [0.3, 0.4) is 0 Å². The first-order valence-corrected chi connectivity index (χ1v) is 4.90. The number of rotatable bonds is 3. The topological polar surface area (TPSA) is 75.6 Å². The van der Waals surface area contributed by atoms with Gasteiger partial charge in [0.2, 0.25) is 6.41 Å². The molecular formula is C10H12BrNO4. The van der Waals surface area contributed by atoms with Crippen molar-refractivity contribution in [2.75, 3.05) is 12.4 Å². The smallest absolute Gasteiger partial charge is 0.335 e. The van der Waals surface area contributed by atoms with Crippen molar-refractivity contribution in [3.63, 3.8) is 0 Å². The minimum Gasteiger partial charge on any atom is -0.478 e. The quantitative estimate of drug-likeness (QED) is 0.837. The van der Waals surface area contributed by atoms with E-state index < -0.39 is 5.97 Å². The molecule has 1 amide bonds. The summed E-state index contributed by atoms with van der Waals surface area (Å²) in [4.78, 5) is 20.7. The molecule has 0 saturated heterocycles. The van der Waals surface area contributed by atoms with E-state index in [0.717, 1.165) is 0 Å². The molecule has 0 atom stereocenters. The van der Waals surface area contributed by atoms with E-state index in [1.54, 1.807) is 26.2 Å². The zero-order valence-electron chi connectivity index (χ0n) is 8.86. The third-order valence-corrected chi connectivity index (χ3v) is 1.68. The zero-order chi connectivity index (χ0) is 12.6. The molecular weight excluding hydrogens is 278 g/mol. The van der Waals surface area contributed by atoms with Crippen LogP contribution in [-0.4, -0.2) is 24.6 Å². The summed E-state index contributed by atoms with van der Waals surface area (Å²) >= 11 is 2.65. The van der Waals surface area contributed by atoms with Crippen LogP contribution in [0, 0.1) is 6.92 Å². The normalized spacial score (nSPS) is 8.69. The Morgan fingerprint density at radius 1 is 1.56 bits per heavy atom. The molecule has 2 N–H and O–H groups in total. The fourth-order valence-electron chi connectivity index (χ4n) is 1.06. The van der Waals surface area contributed by atoms with Gasteiger partial charge in [0, 0.05) is 5.69 Å². The molecule has 16 heavy (non-hydrogen) atoms. The summed E-state index contributed by atoms with van der Waals surface area (Å²) in [6, 6.07) is 4.62. The van der Waals surface area contributed by atoms with Gasteiger partial charge in [-0.3, -0.25) is 4.79 Å². The van der Waals surface area contributed by atoms with Gasteiger partial charge in [-0.05, 0) is 30.7 Å². The van der Waals surface area contributed by atoms with Gasteiger partial charge in [-0.25, -0.2) is 4.79 Å². The molecule has 0 aliphatic carbocycles. The van der Waals surface area contributed by atoms with Gasteiger partial charge in [-0.1, -0.05) is 0 Å². The maximum atomic E-state index is 10.6. The van der Waals surface area contributed by atoms with Gasteiger partial charge >= 0.3 is 5.97 Å². The lowest BCUT2D eigenvalue weighted by Gasteiger charge is -2.03.